The van der Waals surface area contributed by atoms with Gasteiger partial charge in [0, 0.05) is 26.2 Å². The molecule has 0 bridgehead atoms. The first-order valence-electron chi connectivity index (χ1n) is 6.04. The molecule has 7 heteroatoms. The molecule has 2 aliphatic rings. The van der Waals surface area contributed by atoms with Crippen LogP contribution in [0.25, 0.3) is 0 Å². The fourth-order valence-corrected chi connectivity index (χ4v) is 2.51. The molecule has 3 rings (SSSR count). The van der Waals surface area contributed by atoms with E-state index in [1.807, 2.05) is 7.05 Å². The van der Waals surface area contributed by atoms with Crippen LogP contribution in [0.15, 0.2) is 0 Å². The lowest BCUT2D eigenvalue weighted by molar-refractivity contribution is 0.0657. The predicted molar refractivity (Wildman–Crippen MR) is 66.1 cm³/mol. The molecule has 3 heterocycles. The maximum Gasteiger partial charge on any atom is 0.276 e. The summed E-state index contributed by atoms with van der Waals surface area (Å²) in [6.45, 7) is 4.43. The van der Waals surface area contributed by atoms with Gasteiger partial charge in [0.05, 0.1) is 6.54 Å². The number of hydrogen-bond acceptors (Lipinski definition) is 4. The van der Waals surface area contributed by atoms with Gasteiger partial charge in [-0.15, -0.1) is 0 Å². The second-order valence-electron chi connectivity index (χ2n) is 4.63. The maximum atomic E-state index is 12.3. The van der Waals surface area contributed by atoms with Crippen molar-refractivity contribution in [1.82, 2.24) is 19.6 Å². The quantitative estimate of drug-likeness (QED) is 0.737. The maximum absolute atomic E-state index is 12.3. The van der Waals surface area contributed by atoms with E-state index in [-0.39, 0.29) is 5.91 Å². The van der Waals surface area contributed by atoms with Crippen molar-refractivity contribution in [2.24, 2.45) is 0 Å². The van der Waals surface area contributed by atoms with Crippen LogP contribution in [0.4, 0.5) is 0 Å². The molecule has 1 saturated heterocycles. The third kappa shape index (κ3) is 1.85. The van der Waals surface area contributed by atoms with Gasteiger partial charge in [-0.3, -0.25) is 4.79 Å². The topological polar surface area (TPSA) is 50.6 Å². The summed E-state index contributed by atoms with van der Waals surface area (Å²) in [6.07, 6.45) is 0. The zero-order valence-electron chi connectivity index (χ0n) is 10.2. The first kappa shape index (κ1) is 11.8. The van der Waals surface area contributed by atoms with E-state index in [4.69, 9.17) is 16.3 Å². The molecule has 0 saturated carbocycles. The summed E-state index contributed by atoms with van der Waals surface area (Å²) in [4.78, 5) is 16.3. The van der Waals surface area contributed by atoms with Gasteiger partial charge in [-0.1, -0.05) is 11.6 Å². The SMILES string of the molecule is CN1CCN(C(=O)c2nn3c(c2Cl)OCC3)CC1. The van der Waals surface area contributed by atoms with Gasteiger partial charge in [-0.25, -0.2) is 4.68 Å². The number of aromatic nitrogens is 2. The zero-order valence-corrected chi connectivity index (χ0v) is 11.0. The Morgan fingerprint density at radius 2 is 2.00 bits per heavy atom. The lowest BCUT2D eigenvalue weighted by Gasteiger charge is -2.31. The van der Waals surface area contributed by atoms with Crippen LogP contribution in [0.2, 0.25) is 5.02 Å². The highest BCUT2D eigenvalue weighted by Gasteiger charge is 2.30. The van der Waals surface area contributed by atoms with Crippen molar-refractivity contribution in [3.8, 4) is 5.88 Å². The normalized spacial score (nSPS) is 19.8. The van der Waals surface area contributed by atoms with E-state index < -0.39 is 0 Å². The first-order chi connectivity index (χ1) is 8.66. The Balaban J connectivity index is 1.80. The molecule has 1 amide bonds. The number of fused-ring (bicyclic) bond motifs is 1. The number of halogens is 1. The molecule has 0 atom stereocenters. The molecule has 0 aliphatic carbocycles. The van der Waals surface area contributed by atoms with E-state index in [0.29, 0.717) is 42.8 Å². The molecule has 1 aromatic heterocycles. The van der Waals surface area contributed by atoms with Gasteiger partial charge in [0.2, 0.25) is 5.88 Å². The summed E-state index contributed by atoms with van der Waals surface area (Å²) < 4.78 is 7.01. The van der Waals surface area contributed by atoms with Gasteiger partial charge in [0.15, 0.2) is 5.69 Å². The van der Waals surface area contributed by atoms with Crippen molar-refractivity contribution in [3.63, 3.8) is 0 Å². The van der Waals surface area contributed by atoms with Crippen LogP contribution >= 0.6 is 11.6 Å². The molecular formula is C11H15ClN4O2. The minimum atomic E-state index is -0.0985. The van der Waals surface area contributed by atoms with E-state index in [1.165, 1.54) is 0 Å². The summed E-state index contributed by atoms with van der Waals surface area (Å²) in [5.74, 6) is 0.424. The van der Waals surface area contributed by atoms with E-state index in [1.54, 1.807) is 9.58 Å². The number of amides is 1. The monoisotopic (exact) mass is 270 g/mol. The summed E-state index contributed by atoms with van der Waals surface area (Å²) in [6, 6.07) is 0. The van der Waals surface area contributed by atoms with Gasteiger partial charge in [-0.2, -0.15) is 5.10 Å². The summed E-state index contributed by atoms with van der Waals surface area (Å²) in [5, 5.41) is 4.58. The Kier molecular flexibility index (Phi) is 2.91. The minimum absolute atomic E-state index is 0.0985. The minimum Gasteiger partial charge on any atom is -0.475 e. The van der Waals surface area contributed by atoms with Gasteiger partial charge >= 0.3 is 0 Å². The molecule has 0 unspecified atom stereocenters. The second-order valence-corrected chi connectivity index (χ2v) is 5.01. The van der Waals surface area contributed by atoms with Crippen molar-refractivity contribution in [2.45, 2.75) is 6.54 Å². The molecular weight excluding hydrogens is 256 g/mol. The average molecular weight is 271 g/mol. The zero-order chi connectivity index (χ0) is 12.7. The fraction of sp³-hybridized carbons (Fsp3) is 0.636. The van der Waals surface area contributed by atoms with Crippen LogP contribution in [0.5, 0.6) is 5.88 Å². The van der Waals surface area contributed by atoms with Crippen LogP contribution in [-0.2, 0) is 6.54 Å². The predicted octanol–water partition coefficient (Wildman–Crippen LogP) is 0.316. The molecule has 1 fully saturated rings. The largest absolute Gasteiger partial charge is 0.475 e. The molecule has 1 aromatic rings. The molecule has 98 valence electrons. The van der Waals surface area contributed by atoms with Crippen molar-refractivity contribution < 1.29 is 9.53 Å². The number of likely N-dealkylation sites (N-methyl/N-ethyl adjacent to an activating group) is 1. The fourth-order valence-electron chi connectivity index (χ4n) is 2.24. The van der Waals surface area contributed by atoms with Crippen molar-refractivity contribution in [3.05, 3.63) is 10.7 Å². The highest BCUT2D eigenvalue weighted by molar-refractivity contribution is 6.34. The number of piperazine rings is 1. The lowest BCUT2D eigenvalue weighted by Crippen LogP contribution is -2.47. The molecule has 6 nitrogen and oxygen atoms in total. The van der Waals surface area contributed by atoms with E-state index in [9.17, 15) is 4.79 Å². The van der Waals surface area contributed by atoms with Crippen LogP contribution in [0, 0.1) is 0 Å². The lowest BCUT2D eigenvalue weighted by atomic mass is 10.3. The van der Waals surface area contributed by atoms with E-state index in [2.05, 4.69) is 10.00 Å². The van der Waals surface area contributed by atoms with Gasteiger partial charge in [0.1, 0.15) is 11.6 Å². The number of carbonyl (C=O) groups excluding carboxylic acids is 1. The molecule has 0 radical (unpaired) electrons. The van der Waals surface area contributed by atoms with E-state index in [0.717, 1.165) is 13.1 Å². The van der Waals surface area contributed by atoms with Crippen molar-refractivity contribution in [2.75, 3.05) is 39.8 Å². The summed E-state index contributed by atoms with van der Waals surface area (Å²) >= 11 is 6.15. The van der Waals surface area contributed by atoms with Crippen molar-refractivity contribution in [1.29, 1.82) is 0 Å². The molecule has 18 heavy (non-hydrogen) atoms. The number of carbonyl (C=O) groups is 1. The van der Waals surface area contributed by atoms with Gasteiger partial charge in [-0.05, 0) is 7.05 Å². The first-order valence-corrected chi connectivity index (χ1v) is 6.41. The summed E-state index contributed by atoms with van der Waals surface area (Å²) in [7, 11) is 2.05. The Morgan fingerprint density at radius 1 is 1.28 bits per heavy atom. The Morgan fingerprint density at radius 3 is 2.67 bits per heavy atom. The highest BCUT2D eigenvalue weighted by atomic mass is 35.5. The third-order valence-electron chi connectivity index (χ3n) is 3.39. The Hall–Kier alpha value is -1.27. The van der Waals surface area contributed by atoms with Crippen LogP contribution in [-0.4, -0.2) is 65.3 Å². The number of ether oxygens (including phenoxy) is 1. The van der Waals surface area contributed by atoms with E-state index >= 15 is 0 Å². The standard InChI is InChI=1S/C11H15ClN4O2/c1-14-2-4-15(5-3-14)10(17)9-8(12)11-16(13-9)6-7-18-11/h2-7H2,1H3. The van der Waals surface area contributed by atoms with Crippen molar-refractivity contribution >= 4 is 17.5 Å². The number of hydrogen-bond donors (Lipinski definition) is 0. The average Bonchev–Trinajstić information content (AvgIpc) is 2.93. The number of nitrogens with zero attached hydrogens (tertiary/aromatic N) is 4. The molecule has 0 spiro atoms. The van der Waals surface area contributed by atoms with Crippen LogP contribution < -0.4 is 4.74 Å². The molecule has 2 aliphatic heterocycles. The number of rotatable bonds is 1. The highest BCUT2D eigenvalue weighted by Crippen LogP contribution is 2.31. The Labute approximate surface area is 110 Å². The van der Waals surface area contributed by atoms with Crippen LogP contribution in [0.3, 0.4) is 0 Å². The molecule has 0 N–H and O–H groups in total. The van der Waals surface area contributed by atoms with Gasteiger partial charge < -0.3 is 14.5 Å². The summed E-state index contributed by atoms with van der Waals surface area (Å²) in [5.41, 5.74) is 0.316. The smallest absolute Gasteiger partial charge is 0.276 e. The van der Waals surface area contributed by atoms with Crippen LogP contribution in [0.1, 0.15) is 10.5 Å². The Bertz CT molecular complexity index is 480. The second kappa shape index (κ2) is 4.44. The molecule has 0 aromatic carbocycles. The van der Waals surface area contributed by atoms with Gasteiger partial charge in [0.25, 0.3) is 5.91 Å². The third-order valence-corrected chi connectivity index (χ3v) is 3.73.